The van der Waals surface area contributed by atoms with Crippen molar-refractivity contribution >= 4 is 11.9 Å². The van der Waals surface area contributed by atoms with Gasteiger partial charge in [0.1, 0.15) is 5.82 Å². The van der Waals surface area contributed by atoms with Gasteiger partial charge in [-0.1, -0.05) is 30.3 Å². The number of H-pyrrole nitrogens is 1. The number of imidazole rings is 1. The molecule has 0 bridgehead atoms. The highest BCUT2D eigenvalue weighted by molar-refractivity contribution is 5.82. The van der Waals surface area contributed by atoms with Crippen molar-refractivity contribution in [3.05, 3.63) is 84.1 Å². The highest BCUT2D eigenvalue weighted by Gasteiger charge is 2.40. The molecule has 0 radical (unpaired) electrons. The third kappa shape index (κ3) is 6.33. The van der Waals surface area contributed by atoms with Crippen molar-refractivity contribution in [2.24, 2.45) is 5.41 Å². The Labute approximate surface area is 231 Å². The van der Waals surface area contributed by atoms with Gasteiger partial charge in [-0.3, -0.25) is 4.79 Å². The van der Waals surface area contributed by atoms with Crippen molar-refractivity contribution in [2.75, 3.05) is 38.8 Å². The molecule has 2 aromatic heterocycles. The summed E-state index contributed by atoms with van der Waals surface area (Å²) < 4.78 is 30.6. The van der Waals surface area contributed by atoms with Crippen LogP contribution >= 0.6 is 0 Å². The van der Waals surface area contributed by atoms with Crippen molar-refractivity contribution in [2.45, 2.75) is 19.8 Å². The number of methoxy groups -OCH3 is 1. The van der Waals surface area contributed by atoms with E-state index in [0.29, 0.717) is 54.1 Å². The molecule has 3 heterocycles. The number of rotatable bonds is 10. The quantitative estimate of drug-likeness (QED) is 0.254. The van der Waals surface area contributed by atoms with E-state index in [1.165, 1.54) is 12.1 Å². The monoisotopic (exact) mass is 546 g/mol. The van der Waals surface area contributed by atoms with Crippen molar-refractivity contribution < 1.29 is 23.4 Å². The van der Waals surface area contributed by atoms with Gasteiger partial charge in [-0.25, -0.2) is 19.3 Å². The fourth-order valence-corrected chi connectivity index (χ4v) is 4.24. The summed E-state index contributed by atoms with van der Waals surface area (Å²) in [7, 11) is 1.58. The number of aromatic nitrogens is 4. The van der Waals surface area contributed by atoms with Crippen LogP contribution in [0.3, 0.4) is 0 Å². The van der Waals surface area contributed by atoms with Gasteiger partial charge < -0.3 is 29.8 Å². The zero-order valence-electron chi connectivity index (χ0n) is 22.3. The first-order valence-corrected chi connectivity index (χ1v) is 12.9. The molecule has 0 atom stereocenters. The molecule has 10 nitrogen and oxygen atoms in total. The topological polar surface area (TPSA) is 123 Å². The number of amides is 1. The van der Waals surface area contributed by atoms with Crippen LogP contribution in [0.4, 0.5) is 10.3 Å². The highest BCUT2D eigenvalue weighted by Crippen LogP contribution is 2.35. The van der Waals surface area contributed by atoms with E-state index in [2.05, 4.69) is 25.6 Å². The zero-order chi connectivity index (χ0) is 28.0. The number of anilines is 1. The summed E-state index contributed by atoms with van der Waals surface area (Å²) in [4.78, 5) is 29.8. The molecular formula is C29H31FN6O4. The average molecular weight is 547 g/mol. The first kappa shape index (κ1) is 27.4. The standard InChI is InChI=1S/C29H31FN6O4/c1-29(27(37)31-14-15-38-2)17-39-26(40-18-29)25-35-23(20-8-10-21(30)11-9-20)24(36-25)22-12-13-32-28(34-22)33-16-19-6-4-3-5-7-19/h3-13,26H,14-18H2,1-2H3,(H,31,37)(H,35,36)(H,32,33,34). The van der Waals surface area contributed by atoms with E-state index >= 15 is 0 Å². The minimum absolute atomic E-state index is 0.138. The van der Waals surface area contributed by atoms with Crippen molar-refractivity contribution in [1.82, 2.24) is 25.3 Å². The molecule has 0 aliphatic carbocycles. The second kappa shape index (κ2) is 12.3. The van der Waals surface area contributed by atoms with Crippen LogP contribution in [0.5, 0.6) is 0 Å². The summed E-state index contributed by atoms with van der Waals surface area (Å²) in [5, 5.41) is 6.08. The number of aromatic amines is 1. The van der Waals surface area contributed by atoms with Gasteiger partial charge >= 0.3 is 0 Å². The number of hydrogen-bond donors (Lipinski definition) is 3. The Morgan fingerprint density at radius 2 is 1.85 bits per heavy atom. The molecule has 1 amide bonds. The lowest BCUT2D eigenvalue weighted by molar-refractivity contribution is -0.231. The molecule has 11 heteroatoms. The molecule has 1 aliphatic heterocycles. The maximum absolute atomic E-state index is 13.7. The number of hydrogen-bond acceptors (Lipinski definition) is 8. The summed E-state index contributed by atoms with van der Waals surface area (Å²) in [6.45, 7) is 3.44. The first-order valence-electron chi connectivity index (χ1n) is 12.9. The lowest BCUT2D eigenvalue weighted by Gasteiger charge is -2.35. The Morgan fingerprint density at radius 1 is 1.10 bits per heavy atom. The number of carbonyl (C=O) groups excluding carboxylic acids is 1. The van der Waals surface area contributed by atoms with Gasteiger partial charge in [-0.05, 0) is 42.8 Å². The summed E-state index contributed by atoms with van der Waals surface area (Å²) in [5.74, 6) is 0.334. The predicted molar refractivity (Wildman–Crippen MR) is 146 cm³/mol. The van der Waals surface area contributed by atoms with E-state index in [-0.39, 0.29) is 24.9 Å². The maximum Gasteiger partial charge on any atom is 0.230 e. The summed E-state index contributed by atoms with van der Waals surface area (Å²) >= 11 is 0. The largest absolute Gasteiger partial charge is 0.383 e. The molecular weight excluding hydrogens is 515 g/mol. The smallest absolute Gasteiger partial charge is 0.230 e. The summed E-state index contributed by atoms with van der Waals surface area (Å²) in [6, 6.07) is 17.8. The van der Waals surface area contributed by atoms with Gasteiger partial charge in [0, 0.05) is 32.0 Å². The van der Waals surface area contributed by atoms with Gasteiger partial charge in [0.05, 0.1) is 42.3 Å². The number of benzene rings is 2. The molecule has 2 aromatic carbocycles. The third-order valence-electron chi connectivity index (χ3n) is 6.51. The Bertz CT molecular complexity index is 1420. The molecule has 0 saturated carbocycles. The lowest BCUT2D eigenvalue weighted by atomic mass is 9.91. The number of nitrogens with one attached hydrogen (secondary N) is 3. The van der Waals surface area contributed by atoms with E-state index in [4.69, 9.17) is 19.2 Å². The Morgan fingerprint density at radius 3 is 2.58 bits per heavy atom. The number of halogens is 1. The molecule has 208 valence electrons. The number of ether oxygens (including phenoxy) is 3. The molecule has 4 aromatic rings. The SMILES string of the molecule is COCCNC(=O)C1(C)COC(c2nc(-c3ccc(F)cc3)c(-c3ccnc(NCc4ccccc4)n3)[nH]2)OC1. The maximum atomic E-state index is 13.7. The zero-order valence-corrected chi connectivity index (χ0v) is 22.3. The minimum Gasteiger partial charge on any atom is -0.383 e. The van der Waals surface area contributed by atoms with Crippen LogP contribution < -0.4 is 10.6 Å². The van der Waals surface area contributed by atoms with E-state index in [1.807, 2.05) is 30.3 Å². The Balaban J connectivity index is 1.38. The van der Waals surface area contributed by atoms with E-state index < -0.39 is 11.7 Å². The van der Waals surface area contributed by atoms with E-state index in [1.54, 1.807) is 38.4 Å². The molecule has 40 heavy (non-hydrogen) atoms. The van der Waals surface area contributed by atoms with Crippen LogP contribution in [0.1, 0.15) is 24.6 Å². The summed E-state index contributed by atoms with van der Waals surface area (Å²) in [6.07, 6.45) is 0.830. The normalized spacial score (nSPS) is 18.8. The van der Waals surface area contributed by atoms with Gasteiger partial charge in [0.15, 0.2) is 5.82 Å². The number of carbonyl (C=O) groups is 1. The second-order valence-corrected chi connectivity index (χ2v) is 9.72. The van der Waals surface area contributed by atoms with Crippen molar-refractivity contribution in [1.29, 1.82) is 0 Å². The Kier molecular flexibility index (Phi) is 8.44. The molecule has 1 fully saturated rings. The predicted octanol–water partition coefficient (Wildman–Crippen LogP) is 4.10. The molecule has 1 saturated heterocycles. The van der Waals surface area contributed by atoms with Gasteiger partial charge in [-0.15, -0.1) is 0 Å². The van der Waals surface area contributed by atoms with E-state index in [9.17, 15) is 9.18 Å². The van der Waals surface area contributed by atoms with Crippen LogP contribution in [-0.4, -0.2) is 59.3 Å². The van der Waals surface area contributed by atoms with Gasteiger partial charge in [0.25, 0.3) is 0 Å². The van der Waals surface area contributed by atoms with Crippen molar-refractivity contribution in [3.8, 4) is 22.6 Å². The van der Waals surface area contributed by atoms with Crippen LogP contribution in [-0.2, 0) is 25.5 Å². The lowest BCUT2D eigenvalue weighted by Crippen LogP contribution is -2.49. The average Bonchev–Trinajstić information content (AvgIpc) is 3.43. The summed E-state index contributed by atoms with van der Waals surface area (Å²) in [5.41, 5.74) is 2.67. The molecule has 1 aliphatic rings. The molecule has 0 unspecified atom stereocenters. The number of nitrogens with zero attached hydrogens (tertiary/aromatic N) is 3. The van der Waals surface area contributed by atoms with Crippen LogP contribution in [0.2, 0.25) is 0 Å². The Hall–Kier alpha value is -4.19. The fraction of sp³-hybridized carbons (Fsp3) is 0.310. The fourth-order valence-electron chi connectivity index (χ4n) is 4.24. The van der Waals surface area contributed by atoms with Gasteiger partial charge in [-0.2, -0.15) is 0 Å². The van der Waals surface area contributed by atoms with Crippen LogP contribution in [0, 0.1) is 11.2 Å². The van der Waals surface area contributed by atoms with Crippen LogP contribution in [0.25, 0.3) is 22.6 Å². The minimum atomic E-state index is -0.856. The molecule has 3 N–H and O–H groups in total. The first-order chi connectivity index (χ1) is 19.4. The van der Waals surface area contributed by atoms with E-state index in [0.717, 1.165) is 5.56 Å². The van der Waals surface area contributed by atoms with Gasteiger partial charge in [0.2, 0.25) is 18.1 Å². The molecule has 5 rings (SSSR count). The third-order valence-corrected chi connectivity index (χ3v) is 6.51. The second-order valence-electron chi connectivity index (χ2n) is 9.72. The highest BCUT2D eigenvalue weighted by atomic mass is 19.1. The van der Waals surface area contributed by atoms with Crippen LogP contribution in [0.15, 0.2) is 66.9 Å². The van der Waals surface area contributed by atoms with Crippen molar-refractivity contribution in [3.63, 3.8) is 0 Å². The molecule has 0 spiro atoms.